The summed E-state index contributed by atoms with van der Waals surface area (Å²) in [6.07, 6.45) is 5.79. The summed E-state index contributed by atoms with van der Waals surface area (Å²) < 4.78 is 5.39. The van der Waals surface area contributed by atoms with Crippen molar-refractivity contribution in [1.82, 2.24) is 20.9 Å². The molecule has 1 unspecified atom stereocenters. The lowest BCUT2D eigenvalue weighted by Crippen LogP contribution is -2.61. The number of hydrogen-bond acceptors (Lipinski definition) is 7. The molecule has 1 saturated heterocycles. The molecule has 12 heteroatoms. The molecule has 1 heterocycles. The highest BCUT2D eigenvalue weighted by molar-refractivity contribution is 6.37. The average molecular weight is 620 g/mol. The van der Waals surface area contributed by atoms with Crippen molar-refractivity contribution in [3.05, 3.63) is 0 Å². The van der Waals surface area contributed by atoms with Crippen molar-refractivity contribution in [3.63, 3.8) is 0 Å². The predicted molar refractivity (Wildman–Crippen MR) is 164 cm³/mol. The molecule has 0 aromatic rings. The Morgan fingerprint density at radius 1 is 0.886 bits per heavy atom. The summed E-state index contributed by atoms with van der Waals surface area (Å²) >= 11 is 0. The van der Waals surface area contributed by atoms with Crippen LogP contribution in [-0.4, -0.2) is 77.2 Å². The van der Waals surface area contributed by atoms with E-state index in [1.807, 2.05) is 34.6 Å². The van der Waals surface area contributed by atoms with E-state index in [0.29, 0.717) is 19.4 Å². The fourth-order valence-corrected chi connectivity index (χ4v) is 6.15. The minimum absolute atomic E-state index is 0.00914. The number of hydrogen-bond donors (Lipinski definition) is 4. The van der Waals surface area contributed by atoms with Crippen LogP contribution in [0.5, 0.6) is 0 Å². The first-order valence-corrected chi connectivity index (χ1v) is 16.2. The smallest absolute Gasteiger partial charge is 0.329 e. The lowest BCUT2D eigenvalue weighted by atomic mass is 9.79. The summed E-state index contributed by atoms with van der Waals surface area (Å²) in [6.45, 7) is 13.3. The first kappa shape index (κ1) is 35.3. The van der Waals surface area contributed by atoms with Crippen molar-refractivity contribution in [2.45, 2.75) is 130 Å². The summed E-state index contributed by atoms with van der Waals surface area (Å²) in [6, 6.07) is -4.45. The number of carbonyl (C=O) groups excluding carboxylic acids is 6. The molecule has 5 N–H and O–H groups in total. The topological polar surface area (TPSA) is 177 Å². The predicted octanol–water partition coefficient (Wildman–Crippen LogP) is 2.42. The second-order valence-electron chi connectivity index (χ2n) is 14.6. The first-order chi connectivity index (χ1) is 20.5. The number of nitrogens with zero attached hydrogens (tertiary/aromatic N) is 1. The lowest BCUT2D eigenvalue weighted by Gasteiger charge is -2.37. The van der Waals surface area contributed by atoms with Crippen molar-refractivity contribution >= 4 is 35.5 Å². The van der Waals surface area contributed by atoms with E-state index in [1.54, 1.807) is 13.8 Å². The molecule has 2 saturated carbocycles. The van der Waals surface area contributed by atoms with Crippen molar-refractivity contribution in [3.8, 4) is 0 Å². The van der Waals surface area contributed by atoms with Gasteiger partial charge in [0.25, 0.3) is 5.91 Å². The number of ether oxygens (including phenoxy) is 1. The molecule has 3 fully saturated rings. The van der Waals surface area contributed by atoms with Crippen molar-refractivity contribution in [2.24, 2.45) is 34.8 Å². The van der Waals surface area contributed by atoms with Crippen LogP contribution in [0.2, 0.25) is 0 Å². The SMILES string of the molecule is CC(C)OC(=O)[C@@H](NC(=O)N[C@H](C(=O)N1C[C@H](C(C)C)C[C@H]1C(=O)NC(CC1CCC1)C(=O)C(N)=O)C(C)(C)C)C1CCC1. The van der Waals surface area contributed by atoms with Gasteiger partial charge in [-0.25, -0.2) is 9.59 Å². The summed E-state index contributed by atoms with van der Waals surface area (Å²) in [5.41, 5.74) is 4.56. The quantitative estimate of drug-likeness (QED) is 0.181. The molecule has 3 rings (SSSR count). The van der Waals surface area contributed by atoms with E-state index in [9.17, 15) is 28.8 Å². The summed E-state index contributed by atoms with van der Waals surface area (Å²) in [4.78, 5) is 79.9. The Bertz CT molecular complexity index is 1090. The molecule has 0 aromatic heterocycles. The molecule has 0 spiro atoms. The van der Waals surface area contributed by atoms with Gasteiger partial charge in [-0.1, -0.05) is 60.3 Å². The van der Waals surface area contributed by atoms with E-state index in [2.05, 4.69) is 16.0 Å². The molecule has 248 valence electrons. The van der Waals surface area contributed by atoms with Gasteiger partial charge in [-0.2, -0.15) is 0 Å². The van der Waals surface area contributed by atoms with Crippen LogP contribution in [0.4, 0.5) is 4.79 Å². The molecule has 1 aliphatic heterocycles. The summed E-state index contributed by atoms with van der Waals surface area (Å²) in [7, 11) is 0. The molecule has 0 bridgehead atoms. The van der Waals surface area contributed by atoms with Gasteiger partial charge in [0.2, 0.25) is 17.6 Å². The van der Waals surface area contributed by atoms with Gasteiger partial charge < -0.3 is 31.3 Å². The number of rotatable bonds is 13. The van der Waals surface area contributed by atoms with Crippen LogP contribution in [0.1, 0.15) is 99.8 Å². The van der Waals surface area contributed by atoms with Gasteiger partial charge >= 0.3 is 12.0 Å². The van der Waals surface area contributed by atoms with E-state index in [1.165, 1.54) is 4.90 Å². The molecular weight excluding hydrogens is 566 g/mol. The van der Waals surface area contributed by atoms with Gasteiger partial charge in [0, 0.05) is 6.54 Å². The maximum absolute atomic E-state index is 14.2. The lowest BCUT2D eigenvalue weighted by molar-refractivity contribution is -0.152. The van der Waals surface area contributed by atoms with Crippen LogP contribution < -0.4 is 21.7 Å². The van der Waals surface area contributed by atoms with E-state index >= 15 is 0 Å². The number of Topliss-reactive ketones (excluding diaryl/α,β-unsaturated/α-hetero) is 1. The third kappa shape index (κ3) is 8.94. The molecule has 12 nitrogen and oxygen atoms in total. The fourth-order valence-electron chi connectivity index (χ4n) is 6.15. The number of urea groups is 1. The highest BCUT2D eigenvalue weighted by Crippen LogP contribution is 2.34. The number of primary amides is 1. The molecule has 3 aliphatic rings. The Hall–Kier alpha value is -3.18. The zero-order chi connectivity index (χ0) is 32.9. The van der Waals surface area contributed by atoms with E-state index in [4.69, 9.17) is 10.5 Å². The van der Waals surface area contributed by atoms with E-state index in [-0.39, 0.29) is 29.8 Å². The Morgan fingerprint density at radius 3 is 1.95 bits per heavy atom. The second kappa shape index (κ2) is 14.7. The Kier molecular flexibility index (Phi) is 11.8. The minimum atomic E-state index is -1.10. The number of amides is 5. The Morgan fingerprint density at radius 2 is 1.50 bits per heavy atom. The van der Waals surface area contributed by atoms with Gasteiger partial charge in [-0.05, 0) is 68.6 Å². The number of ketones is 1. The number of likely N-dealkylation sites (tertiary alicyclic amines) is 1. The monoisotopic (exact) mass is 619 g/mol. The Balaban J connectivity index is 1.80. The van der Waals surface area contributed by atoms with Gasteiger partial charge in [0.15, 0.2) is 0 Å². The maximum atomic E-state index is 14.2. The standard InChI is InChI=1S/C32H53N5O7/c1-17(2)21-15-23(28(40)34-22(25(38)27(33)39)14-19-10-8-11-19)37(16-21)29(41)26(32(5,6)7)36-31(43)35-24(20-12-9-13-20)30(42)44-18(3)4/h17-24,26H,8-16H2,1-7H3,(H2,33,39)(H,34,40)(H2,35,36,43)/t21-,22?,23+,24+,26-/m1/s1. The zero-order valence-electron chi connectivity index (χ0n) is 27.4. The molecule has 44 heavy (non-hydrogen) atoms. The number of esters is 1. The van der Waals surface area contributed by atoms with Crippen LogP contribution in [0, 0.1) is 29.1 Å². The number of nitrogens with one attached hydrogen (secondary N) is 3. The number of nitrogens with two attached hydrogens (primary N) is 1. The molecule has 0 aromatic carbocycles. The maximum Gasteiger partial charge on any atom is 0.329 e. The van der Waals surface area contributed by atoms with Crippen LogP contribution in [0.15, 0.2) is 0 Å². The summed E-state index contributed by atoms with van der Waals surface area (Å²) in [5.74, 6) is -3.03. The van der Waals surface area contributed by atoms with Gasteiger partial charge in [-0.15, -0.1) is 0 Å². The van der Waals surface area contributed by atoms with Crippen LogP contribution >= 0.6 is 0 Å². The second-order valence-corrected chi connectivity index (χ2v) is 14.6. The Labute approximate surface area is 261 Å². The molecule has 5 atom stereocenters. The normalized spacial score (nSPS) is 22.8. The first-order valence-electron chi connectivity index (χ1n) is 16.2. The highest BCUT2D eigenvalue weighted by Gasteiger charge is 2.47. The average Bonchev–Trinajstić information content (AvgIpc) is 3.31. The van der Waals surface area contributed by atoms with Gasteiger partial charge in [0.05, 0.1) is 12.1 Å². The molecule has 5 amide bonds. The molecule has 2 aliphatic carbocycles. The third-order valence-corrected chi connectivity index (χ3v) is 9.43. The van der Waals surface area contributed by atoms with Crippen molar-refractivity contribution in [1.29, 1.82) is 0 Å². The minimum Gasteiger partial charge on any atom is -0.461 e. The highest BCUT2D eigenvalue weighted by atomic mass is 16.5. The van der Waals surface area contributed by atoms with Crippen LogP contribution in [0.25, 0.3) is 0 Å². The van der Waals surface area contributed by atoms with Gasteiger partial charge in [-0.3, -0.25) is 19.2 Å². The van der Waals surface area contributed by atoms with Crippen molar-refractivity contribution < 1.29 is 33.5 Å². The fraction of sp³-hybridized carbons (Fsp3) is 0.812. The number of carbonyl (C=O) groups is 6. The molecular formula is C32H53N5O7. The van der Waals surface area contributed by atoms with Crippen LogP contribution in [-0.2, 0) is 28.7 Å². The van der Waals surface area contributed by atoms with E-state index in [0.717, 1.165) is 38.5 Å². The van der Waals surface area contributed by atoms with Crippen LogP contribution in [0.3, 0.4) is 0 Å². The largest absolute Gasteiger partial charge is 0.461 e. The third-order valence-electron chi connectivity index (χ3n) is 9.43. The summed E-state index contributed by atoms with van der Waals surface area (Å²) in [5, 5.41) is 8.30. The van der Waals surface area contributed by atoms with Crippen molar-refractivity contribution in [2.75, 3.05) is 6.54 Å². The van der Waals surface area contributed by atoms with E-state index < -0.39 is 65.1 Å². The zero-order valence-corrected chi connectivity index (χ0v) is 27.4. The van der Waals surface area contributed by atoms with Gasteiger partial charge in [0.1, 0.15) is 18.1 Å². The molecule has 0 radical (unpaired) electrons.